The molecule has 0 radical (unpaired) electrons. The molecular weight excluding hydrogens is 286 g/mol. The van der Waals surface area contributed by atoms with E-state index in [1.807, 2.05) is 0 Å². The number of nitrogens with one attached hydrogen (secondary N) is 2. The highest BCUT2D eigenvalue weighted by Crippen LogP contribution is 2.34. The van der Waals surface area contributed by atoms with Crippen LogP contribution >= 0.6 is 0 Å². The third kappa shape index (κ3) is 2.98. The first-order valence-corrected chi connectivity index (χ1v) is 6.75. The van der Waals surface area contributed by atoms with Gasteiger partial charge >= 0.3 is 0 Å². The Hall–Kier alpha value is -2.70. The molecule has 7 heteroatoms. The highest BCUT2D eigenvalue weighted by atomic mass is 16.5. The molecule has 0 aliphatic heterocycles. The number of aromatic amines is 2. The van der Waals surface area contributed by atoms with Gasteiger partial charge in [0.1, 0.15) is 0 Å². The number of aromatic nitrogens is 2. The van der Waals surface area contributed by atoms with E-state index in [2.05, 4.69) is 10.2 Å². The Bertz CT molecular complexity index is 733. The predicted octanol–water partition coefficient (Wildman–Crippen LogP) is 1.04. The minimum absolute atomic E-state index is 0.0251. The van der Waals surface area contributed by atoms with Gasteiger partial charge in [0.05, 0.1) is 14.2 Å². The monoisotopic (exact) mass is 305 g/mol. The zero-order valence-electron chi connectivity index (χ0n) is 12.7. The summed E-state index contributed by atoms with van der Waals surface area (Å²) in [7, 11) is 3.07. The molecule has 7 nitrogen and oxygen atoms in total. The van der Waals surface area contributed by atoms with Crippen molar-refractivity contribution in [1.82, 2.24) is 10.2 Å². The fraction of sp³-hybridized carbons (Fsp3) is 0.333. The average molecular weight is 305 g/mol. The first kappa shape index (κ1) is 15.7. The van der Waals surface area contributed by atoms with Crippen LogP contribution in [0.5, 0.6) is 11.5 Å². The Kier molecular flexibility index (Phi) is 4.55. The van der Waals surface area contributed by atoms with Crippen molar-refractivity contribution < 1.29 is 14.3 Å². The maximum atomic E-state index is 12.0. The van der Waals surface area contributed by atoms with Crippen LogP contribution in [-0.2, 0) is 4.79 Å². The number of aryl methyl sites for hydroxylation is 1. The summed E-state index contributed by atoms with van der Waals surface area (Å²) >= 11 is 0. The Balaban J connectivity index is 2.55. The van der Waals surface area contributed by atoms with Gasteiger partial charge in [-0.25, -0.2) is 0 Å². The van der Waals surface area contributed by atoms with Crippen LogP contribution in [0.4, 0.5) is 0 Å². The van der Waals surface area contributed by atoms with Crippen LogP contribution in [0, 0.1) is 6.92 Å². The van der Waals surface area contributed by atoms with Crippen LogP contribution in [0.15, 0.2) is 23.0 Å². The minimum atomic E-state index is -0.486. The molecule has 118 valence electrons. The number of hydrogen-bond donors (Lipinski definition) is 3. The lowest BCUT2D eigenvalue weighted by Gasteiger charge is -2.17. The van der Waals surface area contributed by atoms with Crippen molar-refractivity contribution in [2.75, 3.05) is 14.2 Å². The number of benzene rings is 1. The van der Waals surface area contributed by atoms with Gasteiger partial charge in [0.25, 0.3) is 5.56 Å². The molecular formula is C15H19N3O4. The summed E-state index contributed by atoms with van der Waals surface area (Å²) in [6.45, 7) is 1.77. The van der Waals surface area contributed by atoms with Crippen molar-refractivity contribution in [3.63, 3.8) is 0 Å². The van der Waals surface area contributed by atoms with E-state index < -0.39 is 11.8 Å². The first-order valence-electron chi connectivity index (χ1n) is 6.75. The van der Waals surface area contributed by atoms with Crippen molar-refractivity contribution in [3.05, 3.63) is 45.4 Å². The number of primary amides is 1. The second-order valence-electron chi connectivity index (χ2n) is 4.96. The molecule has 22 heavy (non-hydrogen) atoms. The maximum Gasteiger partial charge on any atom is 0.267 e. The molecule has 2 rings (SSSR count). The van der Waals surface area contributed by atoms with Gasteiger partial charge in [-0.15, -0.1) is 0 Å². The number of hydrogen-bond acceptors (Lipinski definition) is 4. The highest BCUT2D eigenvalue weighted by Gasteiger charge is 2.24. The van der Waals surface area contributed by atoms with Crippen molar-refractivity contribution in [3.8, 4) is 11.5 Å². The van der Waals surface area contributed by atoms with E-state index in [1.54, 1.807) is 32.2 Å². The fourth-order valence-electron chi connectivity index (χ4n) is 2.53. The van der Waals surface area contributed by atoms with E-state index in [0.29, 0.717) is 22.8 Å². The third-order valence-electron chi connectivity index (χ3n) is 3.58. The van der Waals surface area contributed by atoms with E-state index >= 15 is 0 Å². The summed E-state index contributed by atoms with van der Waals surface area (Å²) in [6.07, 6.45) is 0.0251. The molecule has 1 aromatic carbocycles. The number of amides is 1. The normalized spacial score (nSPS) is 12.0. The molecule has 0 aliphatic rings. The van der Waals surface area contributed by atoms with E-state index in [1.165, 1.54) is 7.11 Å². The fourth-order valence-corrected chi connectivity index (χ4v) is 2.53. The second-order valence-corrected chi connectivity index (χ2v) is 4.96. The van der Waals surface area contributed by atoms with Gasteiger partial charge in [-0.05, 0) is 24.6 Å². The van der Waals surface area contributed by atoms with Crippen LogP contribution in [0.3, 0.4) is 0 Å². The maximum absolute atomic E-state index is 12.0. The lowest BCUT2D eigenvalue weighted by Crippen LogP contribution is -2.20. The number of carbonyl (C=O) groups excluding carboxylic acids is 1. The van der Waals surface area contributed by atoms with Gasteiger partial charge in [-0.2, -0.15) is 0 Å². The topological polar surface area (TPSA) is 110 Å². The molecule has 1 amide bonds. The predicted molar refractivity (Wildman–Crippen MR) is 81.4 cm³/mol. The summed E-state index contributed by atoms with van der Waals surface area (Å²) in [6, 6.07) is 5.28. The van der Waals surface area contributed by atoms with Crippen LogP contribution in [0.25, 0.3) is 0 Å². The van der Waals surface area contributed by atoms with Crippen LogP contribution in [0.1, 0.15) is 29.2 Å². The minimum Gasteiger partial charge on any atom is -0.493 e. The van der Waals surface area contributed by atoms with E-state index in [9.17, 15) is 9.59 Å². The van der Waals surface area contributed by atoms with E-state index in [-0.39, 0.29) is 12.0 Å². The summed E-state index contributed by atoms with van der Waals surface area (Å²) in [5.74, 6) is 0.162. The smallest absolute Gasteiger partial charge is 0.267 e. The number of carbonyl (C=O) groups is 1. The van der Waals surface area contributed by atoms with Crippen molar-refractivity contribution in [2.24, 2.45) is 5.73 Å². The molecule has 1 aromatic heterocycles. The largest absolute Gasteiger partial charge is 0.493 e. The number of nitrogens with two attached hydrogens (primary N) is 1. The second kappa shape index (κ2) is 6.38. The Morgan fingerprint density at radius 2 is 1.91 bits per heavy atom. The Morgan fingerprint density at radius 3 is 2.41 bits per heavy atom. The average Bonchev–Trinajstić information content (AvgIpc) is 2.83. The molecule has 1 heterocycles. The summed E-state index contributed by atoms with van der Waals surface area (Å²) in [5, 5.41) is 5.29. The molecule has 0 fully saturated rings. The summed E-state index contributed by atoms with van der Waals surface area (Å²) in [4.78, 5) is 23.4. The van der Waals surface area contributed by atoms with Crippen molar-refractivity contribution >= 4 is 5.91 Å². The molecule has 0 unspecified atom stereocenters. The molecule has 0 saturated carbocycles. The van der Waals surface area contributed by atoms with Crippen LogP contribution in [0.2, 0.25) is 0 Å². The Labute approximate surface area is 127 Å². The molecule has 0 aliphatic carbocycles. The van der Waals surface area contributed by atoms with Crippen molar-refractivity contribution in [2.45, 2.75) is 19.3 Å². The zero-order valence-corrected chi connectivity index (χ0v) is 12.7. The van der Waals surface area contributed by atoms with E-state index in [4.69, 9.17) is 15.2 Å². The molecule has 4 N–H and O–H groups in total. The number of rotatable bonds is 6. The number of H-pyrrole nitrogens is 2. The SMILES string of the molecule is COc1ccc([C@H](CC(N)=O)c2c(C)[nH][nH]c2=O)cc1OC. The number of methoxy groups -OCH3 is 2. The molecule has 0 bridgehead atoms. The zero-order chi connectivity index (χ0) is 16.3. The van der Waals surface area contributed by atoms with Gasteiger partial charge in [0, 0.05) is 23.6 Å². The lowest BCUT2D eigenvalue weighted by molar-refractivity contribution is -0.118. The summed E-state index contributed by atoms with van der Waals surface area (Å²) in [5.41, 5.74) is 7.00. The lowest BCUT2D eigenvalue weighted by atomic mass is 9.88. The van der Waals surface area contributed by atoms with Gasteiger partial charge in [-0.1, -0.05) is 6.07 Å². The highest BCUT2D eigenvalue weighted by molar-refractivity contribution is 5.75. The van der Waals surface area contributed by atoms with Crippen LogP contribution < -0.4 is 20.8 Å². The Morgan fingerprint density at radius 1 is 1.23 bits per heavy atom. The molecule has 0 saturated heterocycles. The van der Waals surface area contributed by atoms with Crippen LogP contribution in [-0.4, -0.2) is 30.3 Å². The third-order valence-corrected chi connectivity index (χ3v) is 3.58. The van der Waals surface area contributed by atoms with Gasteiger partial charge in [0.2, 0.25) is 5.91 Å². The summed E-state index contributed by atoms with van der Waals surface area (Å²) < 4.78 is 10.5. The number of ether oxygens (including phenoxy) is 2. The standard InChI is InChI=1S/C15H19N3O4/c1-8-14(15(20)18-17-8)10(7-13(16)19)9-4-5-11(21-2)12(6-9)22-3/h4-6,10H,7H2,1-3H3,(H2,16,19)(H2,17,18,20)/t10-/m0/s1. The molecule has 0 spiro atoms. The van der Waals surface area contributed by atoms with Crippen molar-refractivity contribution in [1.29, 1.82) is 0 Å². The van der Waals surface area contributed by atoms with Gasteiger partial charge in [-0.3, -0.25) is 14.7 Å². The van der Waals surface area contributed by atoms with Gasteiger partial charge < -0.3 is 20.3 Å². The quantitative estimate of drug-likeness (QED) is 0.740. The first-order chi connectivity index (χ1) is 10.5. The van der Waals surface area contributed by atoms with E-state index in [0.717, 1.165) is 5.56 Å². The van der Waals surface area contributed by atoms with Gasteiger partial charge in [0.15, 0.2) is 11.5 Å². The molecule has 2 aromatic rings. The molecule has 1 atom stereocenters.